The molecule has 0 aliphatic carbocycles. The maximum absolute atomic E-state index is 10.4. The second-order valence-electron chi connectivity index (χ2n) is 6.13. The molecule has 0 aromatic heterocycles. The predicted octanol–water partition coefficient (Wildman–Crippen LogP) is 1.52. The lowest BCUT2D eigenvalue weighted by Gasteiger charge is -2.32. The summed E-state index contributed by atoms with van der Waals surface area (Å²) in [7, 11) is 0. The lowest BCUT2D eigenvalue weighted by molar-refractivity contribution is 0.00585. The molecule has 2 aliphatic rings. The number of morpholine rings is 1. The fraction of sp³-hybridized carbons (Fsp3) is 0.647. The van der Waals surface area contributed by atoms with Gasteiger partial charge in [0.2, 0.25) is 0 Å². The second-order valence-corrected chi connectivity index (χ2v) is 6.13. The van der Waals surface area contributed by atoms with Crippen LogP contribution in [0.2, 0.25) is 0 Å². The van der Waals surface area contributed by atoms with Gasteiger partial charge in [-0.05, 0) is 24.9 Å². The third kappa shape index (κ3) is 4.04. The summed E-state index contributed by atoms with van der Waals surface area (Å²) in [4.78, 5) is 4.75. The number of hydrogen-bond acceptors (Lipinski definition) is 4. The first-order chi connectivity index (χ1) is 10.3. The zero-order valence-electron chi connectivity index (χ0n) is 12.7. The quantitative estimate of drug-likeness (QED) is 0.892. The fourth-order valence-electron chi connectivity index (χ4n) is 3.51. The molecule has 1 aromatic carbocycles. The van der Waals surface area contributed by atoms with Gasteiger partial charge in [-0.15, -0.1) is 0 Å². The molecule has 0 saturated carbocycles. The first-order valence-corrected chi connectivity index (χ1v) is 8.10. The highest BCUT2D eigenvalue weighted by Gasteiger charge is 2.28. The Balaban J connectivity index is 1.53. The first-order valence-electron chi connectivity index (χ1n) is 8.10. The minimum atomic E-state index is -0.271. The largest absolute Gasteiger partial charge is 0.390 e. The number of ether oxygens (including phenoxy) is 1. The summed E-state index contributed by atoms with van der Waals surface area (Å²) in [6, 6.07) is 11.2. The monoisotopic (exact) mass is 290 g/mol. The van der Waals surface area contributed by atoms with Gasteiger partial charge in [-0.1, -0.05) is 30.3 Å². The van der Waals surface area contributed by atoms with Crippen LogP contribution in [0.3, 0.4) is 0 Å². The highest BCUT2D eigenvalue weighted by atomic mass is 16.5. The van der Waals surface area contributed by atoms with Crippen LogP contribution in [0, 0.1) is 0 Å². The maximum atomic E-state index is 10.4. The van der Waals surface area contributed by atoms with Gasteiger partial charge in [0, 0.05) is 32.2 Å². The normalized spacial score (nSPS) is 26.0. The number of nitrogens with zero attached hydrogens (tertiary/aromatic N) is 2. The van der Waals surface area contributed by atoms with Crippen LogP contribution in [0.5, 0.6) is 0 Å². The summed E-state index contributed by atoms with van der Waals surface area (Å²) in [6.07, 6.45) is 2.16. The Morgan fingerprint density at radius 3 is 2.62 bits per heavy atom. The van der Waals surface area contributed by atoms with Crippen LogP contribution in [-0.4, -0.2) is 66.9 Å². The van der Waals surface area contributed by atoms with Crippen molar-refractivity contribution in [2.24, 2.45) is 0 Å². The number of benzene rings is 1. The number of likely N-dealkylation sites (tertiary alicyclic amines) is 1. The Morgan fingerprint density at radius 2 is 1.86 bits per heavy atom. The molecule has 4 nitrogen and oxygen atoms in total. The zero-order chi connectivity index (χ0) is 14.5. The molecular formula is C17H26N2O2. The van der Waals surface area contributed by atoms with Crippen molar-refractivity contribution >= 4 is 0 Å². The summed E-state index contributed by atoms with van der Waals surface area (Å²) in [5.41, 5.74) is 1.38. The zero-order valence-corrected chi connectivity index (χ0v) is 12.7. The summed E-state index contributed by atoms with van der Waals surface area (Å²) in [6.45, 7) is 6.11. The van der Waals surface area contributed by atoms with Gasteiger partial charge < -0.3 is 9.84 Å². The summed E-state index contributed by atoms with van der Waals surface area (Å²) in [5.74, 6) is 0. The summed E-state index contributed by atoms with van der Waals surface area (Å²) >= 11 is 0. The molecule has 0 spiro atoms. The van der Waals surface area contributed by atoms with Crippen molar-refractivity contribution in [3.63, 3.8) is 0 Å². The molecule has 2 aliphatic heterocycles. The molecule has 116 valence electrons. The number of aliphatic hydroxyl groups excluding tert-OH is 1. The molecule has 1 aromatic rings. The molecule has 21 heavy (non-hydrogen) atoms. The maximum Gasteiger partial charge on any atom is 0.0794 e. The fourth-order valence-corrected chi connectivity index (χ4v) is 3.51. The molecule has 2 atom stereocenters. The average Bonchev–Trinajstić information content (AvgIpc) is 2.97. The Labute approximate surface area is 127 Å². The van der Waals surface area contributed by atoms with Crippen molar-refractivity contribution in [3.05, 3.63) is 35.9 Å². The van der Waals surface area contributed by atoms with Crippen molar-refractivity contribution in [1.29, 1.82) is 0 Å². The topological polar surface area (TPSA) is 35.9 Å². The average molecular weight is 290 g/mol. The van der Waals surface area contributed by atoms with E-state index in [1.807, 2.05) is 0 Å². The molecule has 0 radical (unpaired) electrons. The minimum absolute atomic E-state index is 0.271. The van der Waals surface area contributed by atoms with Gasteiger partial charge in [0.1, 0.15) is 0 Å². The van der Waals surface area contributed by atoms with Crippen molar-refractivity contribution in [2.45, 2.75) is 25.0 Å². The number of β-amino-alcohol motifs (C(OH)–C–C–N with tert-alkyl or cyclic N) is 1. The van der Waals surface area contributed by atoms with E-state index in [1.165, 1.54) is 18.4 Å². The molecule has 4 heteroatoms. The molecule has 0 amide bonds. The van der Waals surface area contributed by atoms with E-state index in [1.54, 1.807) is 0 Å². The molecule has 2 heterocycles. The van der Waals surface area contributed by atoms with E-state index in [0.717, 1.165) is 45.9 Å². The highest BCUT2D eigenvalue weighted by molar-refractivity contribution is 5.20. The van der Waals surface area contributed by atoms with Crippen LogP contribution in [0.4, 0.5) is 0 Å². The van der Waals surface area contributed by atoms with E-state index in [0.29, 0.717) is 6.04 Å². The van der Waals surface area contributed by atoms with E-state index >= 15 is 0 Å². The Bertz CT molecular complexity index is 420. The van der Waals surface area contributed by atoms with E-state index < -0.39 is 0 Å². The van der Waals surface area contributed by atoms with E-state index in [9.17, 15) is 5.11 Å². The van der Waals surface area contributed by atoms with Gasteiger partial charge in [0.15, 0.2) is 0 Å². The summed E-state index contributed by atoms with van der Waals surface area (Å²) in [5, 5.41) is 10.4. The third-order valence-corrected chi connectivity index (χ3v) is 4.57. The molecule has 0 bridgehead atoms. The van der Waals surface area contributed by atoms with Crippen LogP contribution in [-0.2, 0) is 4.74 Å². The van der Waals surface area contributed by atoms with Crippen molar-refractivity contribution in [3.8, 4) is 0 Å². The number of aliphatic hydroxyl groups is 1. The Kier molecular flexibility index (Phi) is 5.25. The van der Waals surface area contributed by atoms with E-state index in [4.69, 9.17) is 4.74 Å². The van der Waals surface area contributed by atoms with E-state index in [-0.39, 0.29) is 6.10 Å². The van der Waals surface area contributed by atoms with Crippen LogP contribution >= 0.6 is 0 Å². The summed E-state index contributed by atoms with van der Waals surface area (Å²) < 4.78 is 5.36. The van der Waals surface area contributed by atoms with Crippen LogP contribution in [0.1, 0.15) is 24.4 Å². The molecule has 3 rings (SSSR count). The van der Waals surface area contributed by atoms with Crippen molar-refractivity contribution < 1.29 is 9.84 Å². The molecule has 2 fully saturated rings. The molecule has 1 N–H and O–H groups in total. The Morgan fingerprint density at radius 1 is 1.10 bits per heavy atom. The minimum Gasteiger partial charge on any atom is -0.390 e. The van der Waals surface area contributed by atoms with Gasteiger partial charge in [0.25, 0.3) is 0 Å². The van der Waals surface area contributed by atoms with Gasteiger partial charge in [-0.2, -0.15) is 0 Å². The lowest BCUT2D eigenvalue weighted by atomic mass is 10.0. The third-order valence-electron chi connectivity index (χ3n) is 4.57. The van der Waals surface area contributed by atoms with Gasteiger partial charge in [0.05, 0.1) is 19.3 Å². The highest BCUT2D eigenvalue weighted by Crippen LogP contribution is 2.31. The van der Waals surface area contributed by atoms with Crippen LogP contribution < -0.4 is 0 Å². The van der Waals surface area contributed by atoms with Crippen molar-refractivity contribution in [1.82, 2.24) is 9.80 Å². The van der Waals surface area contributed by atoms with Gasteiger partial charge in [-0.3, -0.25) is 9.80 Å². The predicted molar refractivity (Wildman–Crippen MR) is 83.3 cm³/mol. The second kappa shape index (κ2) is 7.36. The number of hydrogen-bond donors (Lipinski definition) is 1. The molecular weight excluding hydrogens is 264 g/mol. The number of rotatable bonds is 5. The molecule has 0 unspecified atom stereocenters. The lowest BCUT2D eigenvalue weighted by Crippen LogP contribution is -2.44. The smallest absolute Gasteiger partial charge is 0.0794 e. The van der Waals surface area contributed by atoms with Gasteiger partial charge in [-0.25, -0.2) is 0 Å². The first kappa shape index (κ1) is 15.0. The Hall–Kier alpha value is -0.940. The standard InChI is InChI=1S/C17H26N2O2/c20-16(13-18-9-11-21-12-10-18)14-19-8-4-7-17(19)15-5-2-1-3-6-15/h1-3,5-6,16-17,20H,4,7-14H2/t16-,17-/m1/s1. The van der Waals surface area contributed by atoms with Crippen LogP contribution in [0.25, 0.3) is 0 Å². The van der Waals surface area contributed by atoms with Crippen LogP contribution in [0.15, 0.2) is 30.3 Å². The van der Waals surface area contributed by atoms with Gasteiger partial charge >= 0.3 is 0 Å². The van der Waals surface area contributed by atoms with Crippen molar-refractivity contribution in [2.75, 3.05) is 45.9 Å². The van der Waals surface area contributed by atoms with E-state index in [2.05, 4.69) is 40.1 Å². The molecule has 2 saturated heterocycles. The SMILES string of the molecule is O[C@H](CN1CCOCC1)CN1CCC[C@@H]1c1ccccc1.